The highest BCUT2D eigenvalue weighted by molar-refractivity contribution is 5.79. The molecule has 0 radical (unpaired) electrons. The van der Waals surface area contributed by atoms with Crippen molar-refractivity contribution in [2.75, 3.05) is 26.3 Å². The molecule has 0 unspecified atom stereocenters. The molecule has 0 amide bonds. The predicted molar refractivity (Wildman–Crippen MR) is 94.3 cm³/mol. The van der Waals surface area contributed by atoms with Gasteiger partial charge in [0.15, 0.2) is 5.96 Å². The summed E-state index contributed by atoms with van der Waals surface area (Å²) in [6, 6.07) is 6.35. The van der Waals surface area contributed by atoms with Gasteiger partial charge in [-0.15, -0.1) is 0 Å². The maximum atomic E-state index is 13.8. The Morgan fingerprint density at radius 2 is 2.04 bits per heavy atom. The smallest absolute Gasteiger partial charge is 0.191 e. The first-order valence-electron chi connectivity index (χ1n) is 8.49. The lowest BCUT2D eigenvalue weighted by Crippen LogP contribution is -2.38. The van der Waals surface area contributed by atoms with Crippen LogP contribution in [0.3, 0.4) is 0 Å². The predicted octanol–water partition coefficient (Wildman–Crippen LogP) is 2.96. The van der Waals surface area contributed by atoms with Crippen LogP contribution in [0.15, 0.2) is 23.2 Å². The van der Waals surface area contributed by atoms with Gasteiger partial charge in [-0.1, -0.05) is 19.4 Å². The molecule has 0 aromatic heterocycles. The van der Waals surface area contributed by atoms with Gasteiger partial charge in [-0.05, 0) is 31.9 Å². The minimum absolute atomic E-state index is 0.222. The Morgan fingerprint density at radius 3 is 2.71 bits per heavy atom. The zero-order chi connectivity index (χ0) is 17.6. The summed E-state index contributed by atoms with van der Waals surface area (Å²) in [4.78, 5) is 4.38. The molecule has 5 nitrogen and oxygen atoms in total. The average molecular weight is 334 g/mol. The van der Waals surface area contributed by atoms with Gasteiger partial charge in [0.1, 0.15) is 5.82 Å². The molecule has 6 heteroatoms. The molecule has 0 aliphatic rings. The third kappa shape index (κ3) is 7.93. The Balaban J connectivity index is 2.43. The van der Waals surface area contributed by atoms with Gasteiger partial charge >= 0.3 is 0 Å². The summed E-state index contributed by atoms with van der Waals surface area (Å²) in [7, 11) is 0. The van der Waals surface area contributed by atoms with Crippen LogP contribution in [-0.4, -0.2) is 32.3 Å². The molecular formula is C18H27FN4O. The number of ether oxygens (including phenoxy) is 1. The fraction of sp³-hybridized carbons (Fsp3) is 0.556. The summed E-state index contributed by atoms with van der Waals surface area (Å²) in [6.07, 6.45) is 3.12. The average Bonchev–Trinajstić information content (AvgIpc) is 2.59. The lowest BCUT2D eigenvalue weighted by molar-refractivity contribution is 0.129. The molecule has 0 heterocycles. The van der Waals surface area contributed by atoms with Crippen LogP contribution in [0.5, 0.6) is 0 Å². The molecule has 0 bridgehead atoms. The van der Waals surface area contributed by atoms with E-state index < -0.39 is 5.82 Å². The van der Waals surface area contributed by atoms with E-state index in [9.17, 15) is 4.39 Å². The molecule has 0 aliphatic heterocycles. The first kappa shape index (κ1) is 19.9. The van der Waals surface area contributed by atoms with Crippen molar-refractivity contribution in [1.82, 2.24) is 10.6 Å². The number of hydrogen-bond donors (Lipinski definition) is 2. The van der Waals surface area contributed by atoms with E-state index in [0.717, 1.165) is 45.6 Å². The minimum Gasteiger partial charge on any atom is -0.381 e. The molecular weight excluding hydrogens is 307 g/mol. The molecule has 24 heavy (non-hydrogen) atoms. The highest BCUT2D eigenvalue weighted by Gasteiger charge is 2.04. The van der Waals surface area contributed by atoms with E-state index in [1.165, 1.54) is 6.07 Å². The highest BCUT2D eigenvalue weighted by Crippen LogP contribution is 2.10. The second-order valence-corrected chi connectivity index (χ2v) is 5.36. The molecule has 0 saturated carbocycles. The summed E-state index contributed by atoms with van der Waals surface area (Å²) < 4.78 is 19.4. The van der Waals surface area contributed by atoms with Crippen LogP contribution in [0.1, 0.15) is 44.2 Å². The maximum absolute atomic E-state index is 13.8. The number of aliphatic imine (C=N–C) groups is 1. The van der Waals surface area contributed by atoms with E-state index in [2.05, 4.69) is 22.5 Å². The molecule has 1 rings (SSSR count). The number of unbranched alkanes of at least 4 members (excludes halogenated alkanes) is 1. The van der Waals surface area contributed by atoms with Crippen LogP contribution in [0, 0.1) is 17.1 Å². The first-order valence-corrected chi connectivity index (χ1v) is 8.49. The van der Waals surface area contributed by atoms with E-state index in [1.54, 1.807) is 12.1 Å². The van der Waals surface area contributed by atoms with Crippen LogP contribution in [-0.2, 0) is 11.3 Å². The normalized spacial score (nSPS) is 11.2. The number of rotatable bonds is 10. The van der Waals surface area contributed by atoms with Crippen molar-refractivity contribution in [3.05, 3.63) is 35.1 Å². The second-order valence-electron chi connectivity index (χ2n) is 5.36. The van der Waals surface area contributed by atoms with Crippen molar-refractivity contribution in [2.45, 2.75) is 39.7 Å². The van der Waals surface area contributed by atoms with Gasteiger partial charge in [0.25, 0.3) is 0 Å². The molecule has 0 fully saturated rings. The van der Waals surface area contributed by atoms with E-state index in [4.69, 9.17) is 10.00 Å². The number of hydrogen-bond acceptors (Lipinski definition) is 3. The fourth-order valence-corrected chi connectivity index (χ4v) is 1.98. The zero-order valence-corrected chi connectivity index (χ0v) is 14.6. The summed E-state index contributed by atoms with van der Waals surface area (Å²) >= 11 is 0. The summed E-state index contributed by atoms with van der Waals surface area (Å²) in [5.41, 5.74) is 0.780. The fourth-order valence-electron chi connectivity index (χ4n) is 1.98. The third-order valence-corrected chi connectivity index (χ3v) is 3.33. The number of nitrogens with one attached hydrogen (secondary N) is 2. The van der Waals surface area contributed by atoms with Gasteiger partial charge in [0.2, 0.25) is 0 Å². The van der Waals surface area contributed by atoms with Gasteiger partial charge in [-0.25, -0.2) is 9.38 Å². The molecule has 0 aliphatic carbocycles. The van der Waals surface area contributed by atoms with Gasteiger partial charge in [-0.2, -0.15) is 5.26 Å². The lowest BCUT2D eigenvalue weighted by atomic mass is 10.1. The lowest BCUT2D eigenvalue weighted by Gasteiger charge is -2.11. The van der Waals surface area contributed by atoms with Gasteiger partial charge < -0.3 is 15.4 Å². The quantitative estimate of drug-likeness (QED) is 0.392. The largest absolute Gasteiger partial charge is 0.381 e. The van der Waals surface area contributed by atoms with Crippen LogP contribution in [0.2, 0.25) is 0 Å². The summed E-state index contributed by atoms with van der Waals surface area (Å²) in [5, 5.41) is 15.1. The molecule has 2 N–H and O–H groups in total. The topological polar surface area (TPSA) is 69.4 Å². The first-order chi connectivity index (χ1) is 11.7. The van der Waals surface area contributed by atoms with Gasteiger partial charge in [0.05, 0.1) is 18.2 Å². The Labute approximate surface area is 143 Å². The molecule has 0 atom stereocenters. The summed E-state index contributed by atoms with van der Waals surface area (Å²) in [6.45, 7) is 7.34. The van der Waals surface area contributed by atoms with Crippen molar-refractivity contribution < 1.29 is 9.13 Å². The standard InChI is InChI=1S/C18H27FN4O/c1-3-5-10-24-11-6-9-22-18(21-4-2)23-14-16-8-7-15(13-20)12-17(16)19/h7-8,12H,3-6,9-11,14H2,1-2H3,(H2,21,22,23). The van der Waals surface area contributed by atoms with Crippen LogP contribution in [0.25, 0.3) is 0 Å². The SMILES string of the molecule is CCCCOCCCNC(=NCc1ccc(C#N)cc1F)NCC. The van der Waals surface area contributed by atoms with Crippen molar-refractivity contribution in [1.29, 1.82) is 5.26 Å². The van der Waals surface area contributed by atoms with Gasteiger partial charge in [-0.3, -0.25) is 0 Å². The molecule has 132 valence electrons. The van der Waals surface area contributed by atoms with Crippen molar-refractivity contribution >= 4 is 5.96 Å². The number of halogens is 1. The summed E-state index contributed by atoms with van der Waals surface area (Å²) in [5.74, 6) is 0.243. The zero-order valence-electron chi connectivity index (χ0n) is 14.6. The maximum Gasteiger partial charge on any atom is 0.191 e. The third-order valence-electron chi connectivity index (χ3n) is 3.33. The number of benzene rings is 1. The Kier molecular flexibility index (Phi) is 10.2. The number of nitriles is 1. The minimum atomic E-state index is -0.405. The van der Waals surface area contributed by atoms with Crippen molar-refractivity contribution in [3.8, 4) is 6.07 Å². The molecule has 1 aromatic carbocycles. The van der Waals surface area contributed by atoms with Crippen LogP contribution < -0.4 is 10.6 Å². The highest BCUT2D eigenvalue weighted by atomic mass is 19.1. The van der Waals surface area contributed by atoms with Crippen LogP contribution >= 0.6 is 0 Å². The van der Waals surface area contributed by atoms with E-state index >= 15 is 0 Å². The molecule has 0 spiro atoms. The van der Waals surface area contributed by atoms with Crippen molar-refractivity contribution in [2.24, 2.45) is 4.99 Å². The second kappa shape index (κ2) is 12.3. The van der Waals surface area contributed by atoms with E-state index in [1.807, 2.05) is 13.0 Å². The van der Waals surface area contributed by atoms with E-state index in [-0.39, 0.29) is 6.54 Å². The molecule has 0 saturated heterocycles. The Hall–Kier alpha value is -2.13. The van der Waals surface area contributed by atoms with Crippen molar-refractivity contribution in [3.63, 3.8) is 0 Å². The number of guanidine groups is 1. The monoisotopic (exact) mass is 334 g/mol. The number of nitrogens with zero attached hydrogens (tertiary/aromatic N) is 2. The Morgan fingerprint density at radius 1 is 1.25 bits per heavy atom. The van der Waals surface area contributed by atoms with Crippen LogP contribution in [0.4, 0.5) is 4.39 Å². The molecule has 1 aromatic rings. The van der Waals surface area contributed by atoms with E-state index in [0.29, 0.717) is 17.1 Å². The Bertz CT molecular complexity index is 554. The van der Waals surface area contributed by atoms with Gasteiger partial charge in [0, 0.05) is 31.9 Å².